The third-order valence-corrected chi connectivity index (χ3v) is 1.74. The predicted octanol–water partition coefficient (Wildman–Crippen LogP) is 3.10. The molecule has 0 saturated carbocycles. The van der Waals surface area contributed by atoms with Gasteiger partial charge in [-0.15, -0.1) is 11.6 Å². The number of halogens is 1. The van der Waals surface area contributed by atoms with Gasteiger partial charge in [0, 0.05) is 5.88 Å². The lowest BCUT2D eigenvalue weighted by Gasteiger charge is -2.04. The monoisotopic (exact) mass is 162 g/mol. The molecule has 0 aromatic heterocycles. The Morgan fingerprint density at radius 1 is 1.60 bits per heavy atom. The van der Waals surface area contributed by atoms with Crippen LogP contribution in [0.1, 0.15) is 26.2 Å². The first-order valence-corrected chi connectivity index (χ1v) is 4.20. The molecule has 0 aliphatic carbocycles. The molecule has 0 bridgehead atoms. The number of aliphatic hydroxyl groups is 1. The Balaban J connectivity index is 3.16. The highest BCUT2D eigenvalue weighted by atomic mass is 35.5. The summed E-state index contributed by atoms with van der Waals surface area (Å²) >= 11 is 5.51. The smallest absolute Gasteiger partial charge is 0.0751 e. The van der Waals surface area contributed by atoms with Crippen molar-refractivity contribution < 1.29 is 5.11 Å². The lowest BCUT2D eigenvalue weighted by Crippen LogP contribution is -1.92. The van der Waals surface area contributed by atoms with Crippen molar-refractivity contribution in [3.05, 3.63) is 12.3 Å². The van der Waals surface area contributed by atoms with E-state index in [4.69, 9.17) is 16.7 Å². The first-order chi connectivity index (χ1) is 4.81. The summed E-state index contributed by atoms with van der Waals surface area (Å²) in [4.78, 5) is 0. The zero-order chi connectivity index (χ0) is 7.82. The van der Waals surface area contributed by atoms with E-state index in [1.165, 1.54) is 0 Å². The second-order valence-corrected chi connectivity index (χ2v) is 2.93. The van der Waals surface area contributed by atoms with Crippen LogP contribution in [0.3, 0.4) is 0 Å². The van der Waals surface area contributed by atoms with E-state index in [2.05, 4.69) is 6.92 Å². The Morgan fingerprint density at radius 3 is 2.80 bits per heavy atom. The fourth-order valence-corrected chi connectivity index (χ4v) is 0.991. The Hall–Kier alpha value is -0.170. The van der Waals surface area contributed by atoms with Gasteiger partial charge in [-0.05, 0) is 31.3 Å². The van der Waals surface area contributed by atoms with Crippen LogP contribution in [0.5, 0.6) is 0 Å². The number of alkyl halides is 1. The van der Waals surface area contributed by atoms with Crippen LogP contribution in [0.25, 0.3) is 0 Å². The normalized spacial score (nSPS) is 14.2. The van der Waals surface area contributed by atoms with Crippen molar-refractivity contribution in [1.29, 1.82) is 0 Å². The maximum Gasteiger partial charge on any atom is 0.0751 e. The Labute approximate surface area is 67.7 Å². The minimum absolute atomic E-state index is 0.641. The molecule has 10 heavy (non-hydrogen) atoms. The molecule has 0 heterocycles. The molecule has 0 aliphatic heterocycles. The fourth-order valence-electron chi connectivity index (χ4n) is 0.837. The quantitative estimate of drug-likeness (QED) is 0.487. The van der Waals surface area contributed by atoms with Gasteiger partial charge in [-0.1, -0.05) is 6.92 Å². The van der Waals surface area contributed by atoms with E-state index in [9.17, 15) is 0 Å². The summed E-state index contributed by atoms with van der Waals surface area (Å²) in [5.74, 6) is 1.38. The number of hydrogen-bond donors (Lipinski definition) is 1. The van der Waals surface area contributed by atoms with Crippen LogP contribution >= 0.6 is 11.6 Å². The fraction of sp³-hybridized carbons (Fsp3) is 0.750. The zero-order valence-corrected chi connectivity index (χ0v) is 7.14. The number of allylic oxidation sites excluding steroid dienone is 1. The van der Waals surface area contributed by atoms with Gasteiger partial charge in [-0.3, -0.25) is 0 Å². The molecule has 0 aliphatic rings. The summed E-state index contributed by atoms with van der Waals surface area (Å²) in [6.45, 7) is 2.16. The standard InChI is InChI=1S/C8H15ClO/c1-8(4-2-6-9)5-3-7-10/h3,7-8,10H,2,4-6H2,1H3. The van der Waals surface area contributed by atoms with E-state index in [-0.39, 0.29) is 0 Å². The van der Waals surface area contributed by atoms with Gasteiger partial charge in [0.1, 0.15) is 0 Å². The van der Waals surface area contributed by atoms with Gasteiger partial charge in [0.05, 0.1) is 6.26 Å². The van der Waals surface area contributed by atoms with E-state index in [1.54, 1.807) is 6.08 Å². The lowest BCUT2D eigenvalue weighted by atomic mass is 10.0. The lowest BCUT2D eigenvalue weighted by molar-refractivity contribution is 0.461. The van der Waals surface area contributed by atoms with Crippen LogP contribution in [0.15, 0.2) is 12.3 Å². The van der Waals surface area contributed by atoms with Crippen LogP contribution < -0.4 is 0 Å². The summed E-state index contributed by atoms with van der Waals surface area (Å²) in [6, 6.07) is 0. The van der Waals surface area contributed by atoms with Crippen molar-refractivity contribution in [2.75, 3.05) is 5.88 Å². The minimum atomic E-state index is 0.641. The summed E-state index contributed by atoms with van der Waals surface area (Å²) in [5.41, 5.74) is 0. The highest BCUT2D eigenvalue weighted by Crippen LogP contribution is 2.10. The molecule has 0 rings (SSSR count). The van der Waals surface area contributed by atoms with Crippen LogP contribution in [0.4, 0.5) is 0 Å². The Bertz CT molecular complexity index is 91.3. The average Bonchev–Trinajstić information content (AvgIpc) is 1.97. The molecule has 0 fully saturated rings. The molecule has 0 spiro atoms. The maximum atomic E-state index is 8.33. The van der Waals surface area contributed by atoms with Crippen molar-refractivity contribution in [2.24, 2.45) is 5.92 Å². The average molecular weight is 163 g/mol. The largest absolute Gasteiger partial charge is 0.516 e. The van der Waals surface area contributed by atoms with E-state index >= 15 is 0 Å². The van der Waals surface area contributed by atoms with Gasteiger partial charge < -0.3 is 5.11 Å². The molecule has 0 aromatic carbocycles. The van der Waals surface area contributed by atoms with Crippen LogP contribution in [0, 0.1) is 5.92 Å². The van der Waals surface area contributed by atoms with E-state index in [1.807, 2.05) is 0 Å². The second kappa shape index (κ2) is 6.94. The molecule has 1 nitrogen and oxygen atoms in total. The van der Waals surface area contributed by atoms with Crippen LogP contribution in [0.2, 0.25) is 0 Å². The summed E-state index contributed by atoms with van der Waals surface area (Å²) < 4.78 is 0. The summed E-state index contributed by atoms with van der Waals surface area (Å²) in [5, 5.41) is 8.33. The molecule has 60 valence electrons. The van der Waals surface area contributed by atoms with Gasteiger partial charge in [-0.25, -0.2) is 0 Å². The number of rotatable bonds is 5. The highest BCUT2D eigenvalue weighted by Gasteiger charge is 1.97. The SMILES string of the molecule is CC(CC=CO)CCCCl. The van der Waals surface area contributed by atoms with Crippen molar-refractivity contribution in [3.63, 3.8) is 0 Å². The number of hydrogen-bond acceptors (Lipinski definition) is 1. The van der Waals surface area contributed by atoms with Crippen LogP contribution in [-0.2, 0) is 0 Å². The molecular formula is C8H15ClO. The molecule has 1 N–H and O–H groups in total. The molecule has 1 atom stereocenters. The number of aliphatic hydroxyl groups excluding tert-OH is 1. The maximum absolute atomic E-state index is 8.33. The Kier molecular flexibility index (Phi) is 6.83. The first kappa shape index (κ1) is 9.83. The molecule has 1 unspecified atom stereocenters. The molecule has 0 saturated heterocycles. The van der Waals surface area contributed by atoms with E-state index in [0.717, 1.165) is 31.4 Å². The molecule has 0 radical (unpaired) electrons. The van der Waals surface area contributed by atoms with Gasteiger partial charge in [0.15, 0.2) is 0 Å². The van der Waals surface area contributed by atoms with Gasteiger partial charge >= 0.3 is 0 Å². The highest BCUT2D eigenvalue weighted by molar-refractivity contribution is 6.17. The van der Waals surface area contributed by atoms with Crippen LogP contribution in [-0.4, -0.2) is 11.0 Å². The molecular weight excluding hydrogens is 148 g/mol. The first-order valence-electron chi connectivity index (χ1n) is 3.66. The Morgan fingerprint density at radius 2 is 2.30 bits per heavy atom. The second-order valence-electron chi connectivity index (χ2n) is 2.56. The molecule has 2 heteroatoms. The summed E-state index contributed by atoms with van der Waals surface area (Å²) in [6.07, 6.45) is 6.05. The summed E-state index contributed by atoms with van der Waals surface area (Å²) in [7, 11) is 0. The predicted molar refractivity (Wildman–Crippen MR) is 45.5 cm³/mol. The topological polar surface area (TPSA) is 20.2 Å². The van der Waals surface area contributed by atoms with E-state index in [0.29, 0.717) is 5.92 Å². The van der Waals surface area contributed by atoms with Gasteiger partial charge in [0.25, 0.3) is 0 Å². The van der Waals surface area contributed by atoms with Crippen molar-refractivity contribution in [3.8, 4) is 0 Å². The van der Waals surface area contributed by atoms with Crippen molar-refractivity contribution >= 4 is 11.6 Å². The van der Waals surface area contributed by atoms with Gasteiger partial charge in [-0.2, -0.15) is 0 Å². The minimum Gasteiger partial charge on any atom is -0.516 e. The third kappa shape index (κ3) is 5.96. The molecule has 0 aromatic rings. The van der Waals surface area contributed by atoms with Gasteiger partial charge in [0.2, 0.25) is 0 Å². The third-order valence-electron chi connectivity index (χ3n) is 1.47. The zero-order valence-electron chi connectivity index (χ0n) is 6.39. The van der Waals surface area contributed by atoms with E-state index < -0.39 is 0 Å². The van der Waals surface area contributed by atoms with Crippen molar-refractivity contribution in [1.82, 2.24) is 0 Å². The van der Waals surface area contributed by atoms with Crippen molar-refractivity contribution in [2.45, 2.75) is 26.2 Å². The molecule has 0 amide bonds.